The van der Waals surface area contributed by atoms with Gasteiger partial charge in [0, 0.05) is 0 Å². The first-order valence-corrected chi connectivity index (χ1v) is 6.37. The standard InChI is InChI=1S/C14H19ClO2/c1-4-5-11-6-8-12(9-7-11)17-13(10(2)3)14(15)16/h6-10,13H,4-5H2,1-3H3. The average Bonchev–Trinajstić information content (AvgIpc) is 2.27. The Kier molecular flexibility index (Phi) is 5.49. The van der Waals surface area contributed by atoms with E-state index >= 15 is 0 Å². The molecule has 0 spiro atoms. The first-order chi connectivity index (χ1) is 8.04. The number of carbonyl (C=O) groups excluding carboxylic acids is 1. The molecule has 17 heavy (non-hydrogen) atoms. The Hall–Kier alpha value is -1.02. The third-order valence-corrected chi connectivity index (χ3v) is 2.77. The van der Waals surface area contributed by atoms with Crippen LogP contribution in [0.3, 0.4) is 0 Å². The van der Waals surface area contributed by atoms with E-state index in [1.807, 2.05) is 38.1 Å². The van der Waals surface area contributed by atoms with Crippen molar-refractivity contribution < 1.29 is 9.53 Å². The summed E-state index contributed by atoms with van der Waals surface area (Å²) in [6.45, 7) is 5.97. The number of carbonyl (C=O) groups is 1. The van der Waals surface area contributed by atoms with Gasteiger partial charge in [-0.15, -0.1) is 0 Å². The molecule has 0 fully saturated rings. The second-order valence-corrected chi connectivity index (χ2v) is 4.85. The zero-order valence-electron chi connectivity index (χ0n) is 10.6. The summed E-state index contributed by atoms with van der Waals surface area (Å²) in [6.07, 6.45) is 1.60. The lowest BCUT2D eigenvalue weighted by Gasteiger charge is -2.18. The molecule has 0 saturated heterocycles. The molecule has 0 aromatic heterocycles. The van der Waals surface area contributed by atoms with Crippen molar-refractivity contribution in [2.24, 2.45) is 5.92 Å². The van der Waals surface area contributed by atoms with Crippen LogP contribution >= 0.6 is 11.6 Å². The summed E-state index contributed by atoms with van der Waals surface area (Å²) in [5.74, 6) is 0.757. The number of hydrogen-bond donors (Lipinski definition) is 0. The Labute approximate surface area is 108 Å². The SMILES string of the molecule is CCCc1ccc(OC(C(=O)Cl)C(C)C)cc1. The van der Waals surface area contributed by atoms with Crippen LogP contribution in [0.4, 0.5) is 0 Å². The number of hydrogen-bond acceptors (Lipinski definition) is 2. The highest BCUT2D eigenvalue weighted by atomic mass is 35.5. The van der Waals surface area contributed by atoms with Gasteiger partial charge in [-0.1, -0.05) is 39.3 Å². The van der Waals surface area contributed by atoms with Gasteiger partial charge >= 0.3 is 0 Å². The molecule has 1 unspecified atom stereocenters. The molecule has 1 aromatic carbocycles. The van der Waals surface area contributed by atoms with E-state index in [9.17, 15) is 4.79 Å². The van der Waals surface area contributed by atoms with Crippen molar-refractivity contribution in [2.75, 3.05) is 0 Å². The summed E-state index contributed by atoms with van der Waals surface area (Å²) in [6, 6.07) is 7.82. The maximum absolute atomic E-state index is 11.2. The van der Waals surface area contributed by atoms with Crippen molar-refractivity contribution in [1.29, 1.82) is 0 Å². The number of halogens is 1. The van der Waals surface area contributed by atoms with E-state index in [-0.39, 0.29) is 5.92 Å². The third kappa shape index (κ3) is 4.39. The Bertz CT molecular complexity index is 357. The van der Waals surface area contributed by atoms with Crippen LogP contribution in [0.2, 0.25) is 0 Å². The fraction of sp³-hybridized carbons (Fsp3) is 0.500. The lowest BCUT2D eigenvalue weighted by atomic mass is 10.1. The minimum Gasteiger partial charge on any atom is -0.481 e. The monoisotopic (exact) mass is 254 g/mol. The fourth-order valence-corrected chi connectivity index (χ4v) is 1.91. The third-order valence-electron chi connectivity index (χ3n) is 2.55. The molecule has 0 heterocycles. The number of ether oxygens (including phenoxy) is 1. The van der Waals surface area contributed by atoms with E-state index in [0.29, 0.717) is 5.75 Å². The minimum atomic E-state index is -0.575. The zero-order valence-corrected chi connectivity index (χ0v) is 11.3. The molecule has 0 saturated carbocycles. The highest BCUT2D eigenvalue weighted by Gasteiger charge is 2.22. The molecule has 94 valence electrons. The van der Waals surface area contributed by atoms with Crippen LogP contribution in [0.1, 0.15) is 32.8 Å². The first-order valence-electron chi connectivity index (χ1n) is 5.99. The molecule has 3 heteroatoms. The van der Waals surface area contributed by atoms with Crippen LogP contribution in [-0.2, 0) is 11.2 Å². The van der Waals surface area contributed by atoms with Crippen molar-refractivity contribution >= 4 is 16.8 Å². The Morgan fingerprint density at radius 1 is 1.29 bits per heavy atom. The molecular weight excluding hydrogens is 236 g/mol. The van der Waals surface area contributed by atoms with Crippen LogP contribution in [-0.4, -0.2) is 11.3 Å². The molecule has 1 rings (SSSR count). The molecular formula is C14H19ClO2. The molecule has 0 aliphatic carbocycles. The van der Waals surface area contributed by atoms with Crippen LogP contribution in [0.5, 0.6) is 5.75 Å². The summed E-state index contributed by atoms with van der Waals surface area (Å²) in [5.41, 5.74) is 1.28. The Morgan fingerprint density at radius 2 is 1.88 bits per heavy atom. The van der Waals surface area contributed by atoms with Crippen molar-refractivity contribution in [3.63, 3.8) is 0 Å². The van der Waals surface area contributed by atoms with E-state index < -0.39 is 11.3 Å². The molecule has 0 aliphatic rings. The average molecular weight is 255 g/mol. The van der Waals surface area contributed by atoms with Crippen LogP contribution in [0, 0.1) is 5.92 Å². The van der Waals surface area contributed by atoms with Crippen LogP contribution in [0.25, 0.3) is 0 Å². The van der Waals surface area contributed by atoms with Crippen molar-refractivity contribution in [2.45, 2.75) is 39.7 Å². The number of rotatable bonds is 6. The van der Waals surface area contributed by atoms with Crippen LogP contribution in [0.15, 0.2) is 24.3 Å². The largest absolute Gasteiger partial charge is 0.481 e. The van der Waals surface area contributed by atoms with Gasteiger partial charge in [-0.2, -0.15) is 0 Å². The van der Waals surface area contributed by atoms with Gasteiger partial charge in [0.05, 0.1) is 0 Å². The van der Waals surface area contributed by atoms with E-state index in [1.165, 1.54) is 5.56 Å². The Balaban J connectivity index is 2.70. The predicted octanol–water partition coefficient (Wildman–Crippen LogP) is 3.81. The normalized spacial score (nSPS) is 12.5. The zero-order chi connectivity index (χ0) is 12.8. The smallest absolute Gasteiger partial charge is 0.262 e. The van der Waals surface area contributed by atoms with Crippen molar-refractivity contribution in [3.8, 4) is 5.75 Å². The molecule has 0 bridgehead atoms. The van der Waals surface area contributed by atoms with Gasteiger partial charge in [-0.25, -0.2) is 0 Å². The van der Waals surface area contributed by atoms with E-state index in [4.69, 9.17) is 16.3 Å². The minimum absolute atomic E-state index is 0.0651. The van der Waals surface area contributed by atoms with Gasteiger partial charge < -0.3 is 4.74 Å². The lowest BCUT2D eigenvalue weighted by molar-refractivity contribution is -0.119. The lowest BCUT2D eigenvalue weighted by Crippen LogP contribution is -2.29. The first kappa shape index (κ1) is 14.0. The van der Waals surface area contributed by atoms with Gasteiger partial charge in [-0.05, 0) is 41.6 Å². The molecule has 1 aromatic rings. The van der Waals surface area contributed by atoms with Gasteiger partial charge in [-0.3, -0.25) is 4.79 Å². The fourth-order valence-electron chi connectivity index (χ4n) is 1.61. The molecule has 0 amide bonds. The number of benzene rings is 1. The van der Waals surface area contributed by atoms with E-state index in [2.05, 4.69) is 6.92 Å². The number of aryl methyl sites for hydroxylation is 1. The quantitative estimate of drug-likeness (QED) is 0.722. The maximum Gasteiger partial charge on any atom is 0.262 e. The summed E-state index contributed by atoms with van der Waals surface area (Å²) in [7, 11) is 0. The Morgan fingerprint density at radius 3 is 2.29 bits per heavy atom. The van der Waals surface area contributed by atoms with Gasteiger partial charge in [0.1, 0.15) is 5.75 Å². The maximum atomic E-state index is 11.2. The molecule has 1 atom stereocenters. The molecule has 0 radical (unpaired) electrons. The van der Waals surface area contributed by atoms with Crippen molar-refractivity contribution in [1.82, 2.24) is 0 Å². The van der Waals surface area contributed by atoms with Crippen LogP contribution < -0.4 is 4.74 Å². The summed E-state index contributed by atoms with van der Waals surface area (Å²) < 4.78 is 5.59. The summed E-state index contributed by atoms with van der Waals surface area (Å²) in [4.78, 5) is 11.2. The molecule has 2 nitrogen and oxygen atoms in total. The van der Waals surface area contributed by atoms with Gasteiger partial charge in [0.25, 0.3) is 5.24 Å². The second-order valence-electron chi connectivity index (χ2n) is 4.48. The second kappa shape index (κ2) is 6.65. The molecule has 0 aliphatic heterocycles. The van der Waals surface area contributed by atoms with E-state index in [1.54, 1.807) is 0 Å². The van der Waals surface area contributed by atoms with Gasteiger partial charge in [0.15, 0.2) is 6.10 Å². The van der Waals surface area contributed by atoms with Crippen molar-refractivity contribution in [3.05, 3.63) is 29.8 Å². The predicted molar refractivity (Wildman–Crippen MR) is 70.6 cm³/mol. The summed E-state index contributed by atoms with van der Waals surface area (Å²) in [5, 5.41) is -0.447. The van der Waals surface area contributed by atoms with Gasteiger partial charge in [0.2, 0.25) is 0 Å². The summed E-state index contributed by atoms with van der Waals surface area (Å²) >= 11 is 5.51. The van der Waals surface area contributed by atoms with E-state index in [0.717, 1.165) is 12.8 Å². The molecule has 0 N–H and O–H groups in total. The highest BCUT2D eigenvalue weighted by molar-refractivity contribution is 6.64. The highest BCUT2D eigenvalue weighted by Crippen LogP contribution is 2.19. The topological polar surface area (TPSA) is 26.3 Å².